The highest BCUT2D eigenvalue weighted by atomic mass is 16.4. The fourth-order valence-corrected chi connectivity index (χ4v) is 2.43. The molecule has 0 saturated carbocycles. The lowest BCUT2D eigenvalue weighted by Crippen LogP contribution is -2.38. The summed E-state index contributed by atoms with van der Waals surface area (Å²) in [6.45, 7) is 1.81. The summed E-state index contributed by atoms with van der Waals surface area (Å²) in [5.74, 6) is -1.34. The Bertz CT molecular complexity index is 684. The monoisotopic (exact) mass is 326 g/mol. The van der Waals surface area contributed by atoms with Crippen LogP contribution in [0, 0.1) is 0 Å². The Morgan fingerprint density at radius 1 is 1.04 bits per heavy atom. The number of carbonyl (C=O) groups excluding carboxylic acids is 1. The van der Waals surface area contributed by atoms with Crippen molar-refractivity contribution >= 4 is 11.9 Å². The molecular formula is C19H22N2O3. The van der Waals surface area contributed by atoms with E-state index in [1.807, 2.05) is 37.1 Å². The Morgan fingerprint density at radius 2 is 1.62 bits per heavy atom. The van der Waals surface area contributed by atoms with E-state index in [4.69, 9.17) is 5.11 Å². The van der Waals surface area contributed by atoms with Gasteiger partial charge in [0.15, 0.2) is 0 Å². The molecule has 0 bridgehead atoms. The van der Waals surface area contributed by atoms with Crippen molar-refractivity contribution in [3.8, 4) is 11.1 Å². The Labute approximate surface area is 141 Å². The minimum Gasteiger partial charge on any atom is -0.480 e. The second-order valence-corrected chi connectivity index (χ2v) is 5.75. The number of amides is 1. The average Bonchev–Trinajstić information content (AvgIpc) is 2.60. The summed E-state index contributed by atoms with van der Waals surface area (Å²) >= 11 is 0. The van der Waals surface area contributed by atoms with Crippen LogP contribution in [0.25, 0.3) is 11.1 Å². The second-order valence-electron chi connectivity index (χ2n) is 5.75. The Morgan fingerprint density at radius 3 is 2.21 bits per heavy atom. The number of benzene rings is 2. The SMILES string of the molecule is C[C@@H](c1ccc(-c2ccccc2)cc1)N(C)CC(=O)NCC(=O)O. The lowest BCUT2D eigenvalue weighted by molar-refractivity contribution is -0.138. The lowest BCUT2D eigenvalue weighted by Gasteiger charge is -2.24. The van der Waals surface area contributed by atoms with Crippen LogP contribution in [-0.4, -0.2) is 42.0 Å². The van der Waals surface area contributed by atoms with E-state index in [-0.39, 0.29) is 25.0 Å². The van der Waals surface area contributed by atoms with Crippen LogP contribution in [-0.2, 0) is 9.59 Å². The van der Waals surface area contributed by atoms with Gasteiger partial charge >= 0.3 is 5.97 Å². The summed E-state index contributed by atoms with van der Waals surface area (Å²) in [4.78, 5) is 24.1. The van der Waals surface area contributed by atoms with Crippen molar-refractivity contribution < 1.29 is 14.7 Å². The quantitative estimate of drug-likeness (QED) is 0.820. The molecule has 0 aliphatic heterocycles. The van der Waals surface area contributed by atoms with Gasteiger partial charge in [0, 0.05) is 6.04 Å². The molecular weight excluding hydrogens is 304 g/mol. The Balaban J connectivity index is 1.97. The zero-order valence-corrected chi connectivity index (χ0v) is 13.9. The van der Waals surface area contributed by atoms with Crippen LogP contribution in [0.3, 0.4) is 0 Å². The summed E-state index contributed by atoms with van der Waals surface area (Å²) < 4.78 is 0. The highest BCUT2D eigenvalue weighted by Gasteiger charge is 2.15. The van der Waals surface area contributed by atoms with Crippen molar-refractivity contribution in [3.05, 3.63) is 60.2 Å². The lowest BCUT2D eigenvalue weighted by atomic mass is 10.0. The van der Waals surface area contributed by atoms with Crippen molar-refractivity contribution in [3.63, 3.8) is 0 Å². The van der Waals surface area contributed by atoms with E-state index in [0.717, 1.165) is 16.7 Å². The highest BCUT2D eigenvalue weighted by molar-refractivity contribution is 5.82. The molecule has 0 saturated heterocycles. The van der Waals surface area contributed by atoms with Crippen LogP contribution in [0.5, 0.6) is 0 Å². The molecule has 0 fully saturated rings. The van der Waals surface area contributed by atoms with Gasteiger partial charge in [-0.3, -0.25) is 14.5 Å². The van der Waals surface area contributed by atoms with Crippen LogP contribution in [0.2, 0.25) is 0 Å². The molecule has 2 aromatic carbocycles. The predicted octanol–water partition coefficient (Wildman–Crippen LogP) is 2.55. The number of carboxylic acids is 1. The minimum atomic E-state index is -1.05. The summed E-state index contributed by atoms with van der Waals surface area (Å²) in [6.07, 6.45) is 0. The first-order chi connectivity index (χ1) is 11.5. The predicted molar refractivity (Wildman–Crippen MR) is 93.6 cm³/mol. The van der Waals surface area contributed by atoms with E-state index in [9.17, 15) is 9.59 Å². The number of carbonyl (C=O) groups is 2. The van der Waals surface area contributed by atoms with Gasteiger partial charge in [0.2, 0.25) is 5.91 Å². The van der Waals surface area contributed by atoms with Gasteiger partial charge in [0.25, 0.3) is 0 Å². The zero-order valence-electron chi connectivity index (χ0n) is 13.9. The number of hydrogen-bond acceptors (Lipinski definition) is 3. The van der Waals surface area contributed by atoms with Crippen LogP contribution in [0.1, 0.15) is 18.5 Å². The van der Waals surface area contributed by atoms with E-state index in [0.29, 0.717) is 0 Å². The molecule has 5 nitrogen and oxygen atoms in total. The molecule has 1 amide bonds. The van der Waals surface area contributed by atoms with E-state index in [2.05, 4.69) is 41.7 Å². The summed E-state index contributed by atoms with van der Waals surface area (Å²) in [7, 11) is 1.84. The Hall–Kier alpha value is -2.66. The summed E-state index contributed by atoms with van der Waals surface area (Å²) in [5.41, 5.74) is 3.41. The third kappa shape index (κ3) is 4.93. The maximum atomic E-state index is 11.7. The number of likely N-dealkylation sites (N-methyl/N-ethyl adjacent to an activating group) is 1. The fourth-order valence-electron chi connectivity index (χ4n) is 2.43. The summed E-state index contributed by atoms with van der Waals surface area (Å²) in [6, 6.07) is 18.4. The fraction of sp³-hybridized carbons (Fsp3) is 0.263. The number of nitrogens with one attached hydrogen (secondary N) is 1. The maximum absolute atomic E-state index is 11.7. The van der Waals surface area contributed by atoms with Crippen molar-refractivity contribution in [2.45, 2.75) is 13.0 Å². The molecule has 0 radical (unpaired) electrons. The zero-order chi connectivity index (χ0) is 17.5. The molecule has 0 unspecified atom stereocenters. The first kappa shape index (κ1) is 17.7. The Kier molecular flexibility index (Phi) is 6.09. The van der Waals surface area contributed by atoms with E-state index in [1.165, 1.54) is 0 Å². The first-order valence-electron chi connectivity index (χ1n) is 7.81. The third-order valence-electron chi connectivity index (χ3n) is 3.99. The standard InChI is InChI=1S/C19H22N2O3/c1-14(21(2)13-18(22)20-12-19(23)24)15-8-10-17(11-9-15)16-6-4-3-5-7-16/h3-11,14H,12-13H2,1-2H3,(H,20,22)(H,23,24)/t14-/m0/s1. The van der Waals surface area contributed by atoms with E-state index >= 15 is 0 Å². The molecule has 2 rings (SSSR count). The van der Waals surface area contributed by atoms with Gasteiger partial charge in [-0.25, -0.2) is 0 Å². The number of rotatable bonds is 7. The van der Waals surface area contributed by atoms with Crippen molar-refractivity contribution in [1.82, 2.24) is 10.2 Å². The van der Waals surface area contributed by atoms with E-state index < -0.39 is 5.97 Å². The van der Waals surface area contributed by atoms with Gasteiger partial charge in [-0.2, -0.15) is 0 Å². The largest absolute Gasteiger partial charge is 0.480 e. The van der Waals surface area contributed by atoms with Crippen LogP contribution in [0.15, 0.2) is 54.6 Å². The third-order valence-corrected chi connectivity index (χ3v) is 3.99. The summed E-state index contributed by atoms with van der Waals surface area (Å²) in [5, 5.41) is 10.9. The molecule has 5 heteroatoms. The maximum Gasteiger partial charge on any atom is 0.322 e. The molecule has 0 aliphatic carbocycles. The van der Waals surface area contributed by atoms with Crippen LogP contribution in [0.4, 0.5) is 0 Å². The van der Waals surface area contributed by atoms with Gasteiger partial charge in [0.1, 0.15) is 6.54 Å². The van der Waals surface area contributed by atoms with Gasteiger partial charge in [0.05, 0.1) is 6.54 Å². The average molecular weight is 326 g/mol. The van der Waals surface area contributed by atoms with Gasteiger partial charge < -0.3 is 10.4 Å². The molecule has 0 aliphatic rings. The molecule has 2 aromatic rings. The number of hydrogen-bond donors (Lipinski definition) is 2. The molecule has 24 heavy (non-hydrogen) atoms. The number of carboxylic acid groups (broad SMARTS) is 1. The van der Waals surface area contributed by atoms with Crippen LogP contribution < -0.4 is 5.32 Å². The normalized spacial score (nSPS) is 12.0. The van der Waals surface area contributed by atoms with Gasteiger partial charge in [-0.05, 0) is 30.7 Å². The molecule has 2 N–H and O–H groups in total. The molecule has 0 heterocycles. The number of nitrogens with zero attached hydrogens (tertiary/aromatic N) is 1. The molecule has 1 atom stereocenters. The van der Waals surface area contributed by atoms with Crippen molar-refractivity contribution in [2.24, 2.45) is 0 Å². The second kappa shape index (κ2) is 8.26. The molecule has 0 aromatic heterocycles. The van der Waals surface area contributed by atoms with Crippen molar-refractivity contribution in [2.75, 3.05) is 20.1 Å². The number of aliphatic carboxylic acids is 1. The van der Waals surface area contributed by atoms with Crippen LogP contribution >= 0.6 is 0 Å². The smallest absolute Gasteiger partial charge is 0.322 e. The topological polar surface area (TPSA) is 69.6 Å². The molecule has 126 valence electrons. The van der Waals surface area contributed by atoms with E-state index in [1.54, 1.807) is 0 Å². The van der Waals surface area contributed by atoms with Gasteiger partial charge in [-0.1, -0.05) is 54.6 Å². The first-order valence-corrected chi connectivity index (χ1v) is 7.81. The van der Waals surface area contributed by atoms with Crippen molar-refractivity contribution in [1.29, 1.82) is 0 Å². The van der Waals surface area contributed by atoms with Gasteiger partial charge in [-0.15, -0.1) is 0 Å². The molecule has 0 spiro atoms. The highest BCUT2D eigenvalue weighted by Crippen LogP contribution is 2.23. The minimum absolute atomic E-state index is 0.0467.